The van der Waals surface area contributed by atoms with Crippen molar-refractivity contribution in [2.24, 2.45) is 0 Å². The van der Waals surface area contributed by atoms with E-state index in [2.05, 4.69) is 17.3 Å². The number of benzene rings is 1. The Bertz CT molecular complexity index is 557. The molecule has 1 aliphatic heterocycles. The number of piperidine rings is 1. The Labute approximate surface area is 121 Å². The van der Waals surface area contributed by atoms with Gasteiger partial charge in [-0.15, -0.1) is 0 Å². The van der Waals surface area contributed by atoms with Gasteiger partial charge in [0.15, 0.2) is 0 Å². The van der Waals surface area contributed by atoms with E-state index in [0.717, 1.165) is 25.9 Å². The molecular formula is C14H23N3O2S. The van der Waals surface area contributed by atoms with E-state index >= 15 is 0 Å². The van der Waals surface area contributed by atoms with Gasteiger partial charge in [0.05, 0.1) is 5.69 Å². The fourth-order valence-corrected chi connectivity index (χ4v) is 3.56. The topological polar surface area (TPSA) is 52.7 Å². The first-order valence-electron chi connectivity index (χ1n) is 6.88. The van der Waals surface area contributed by atoms with Crippen LogP contribution in [0.1, 0.15) is 12.8 Å². The highest BCUT2D eigenvalue weighted by Gasteiger charge is 2.23. The summed E-state index contributed by atoms with van der Waals surface area (Å²) in [6.45, 7) is 2.05. The molecule has 1 aliphatic rings. The van der Waals surface area contributed by atoms with Gasteiger partial charge in [-0.2, -0.15) is 0 Å². The van der Waals surface area contributed by atoms with Crippen LogP contribution in [-0.2, 0) is 10.0 Å². The third kappa shape index (κ3) is 3.31. The van der Waals surface area contributed by atoms with Crippen molar-refractivity contribution in [2.75, 3.05) is 39.5 Å². The third-order valence-corrected chi connectivity index (χ3v) is 5.50. The normalized spacial score (nSPS) is 21.1. The van der Waals surface area contributed by atoms with Crippen LogP contribution in [0.5, 0.6) is 0 Å². The summed E-state index contributed by atoms with van der Waals surface area (Å²) in [7, 11) is 1.79. The van der Waals surface area contributed by atoms with Crippen LogP contribution >= 0.6 is 0 Å². The van der Waals surface area contributed by atoms with E-state index in [1.165, 1.54) is 4.31 Å². The number of para-hydroxylation sites is 1. The summed E-state index contributed by atoms with van der Waals surface area (Å²) in [6, 6.07) is 7.42. The SMILES string of the molecule is CN1CCCC(Nc2ccccc2S(=O)(=O)N(C)C)C1. The average molecular weight is 297 g/mol. The summed E-state index contributed by atoms with van der Waals surface area (Å²) in [5, 5.41) is 3.39. The maximum Gasteiger partial charge on any atom is 0.244 e. The fourth-order valence-electron chi connectivity index (χ4n) is 2.51. The summed E-state index contributed by atoms with van der Waals surface area (Å²) >= 11 is 0. The van der Waals surface area contributed by atoms with Crippen LogP contribution in [0.4, 0.5) is 5.69 Å². The van der Waals surface area contributed by atoms with Gasteiger partial charge in [-0.1, -0.05) is 12.1 Å². The van der Waals surface area contributed by atoms with Crippen molar-refractivity contribution in [2.45, 2.75) is 23.8 Å². The summed E-state index contributed by atoms with van der Waals surface area (Å²) in [6.07, 6.45) is 2.21. The Morgan fingerprint density at radius 2 is 2.00 bits per heavy atom. The van der Waals surface area contributed by atoms with Crippen LogP contribution in [0.15, 0.2) is 29.2 Å². The van der Waals surface area contributed by atoms with Crippen LogP contribution in [0.25, 0.3) is 0 Å². The molecule has 1 atom stereocenters. The summed E-state index contributed by atoms with van der Waals surface area (Å²) in [5.74, 6) is 0. The first-order chi connectivity index (χ1) is 9.41. The molecule has 1 fully saturated rings. The van der Waals surface area contributed by atoms with Gasteiger partial charge in [-0.3, -0.25) is 0 Å². The minimum absolute atomic E-state index is 0.298. The van der Waals surface area contributed by atoms with Crippen molar-refractivity contribution in [1.29, 1.82) is 0 Å². The Morgan fingerprint density at radius 1 is 1.30 bits per heavy atom. The number of likely N-dealkylation sites (tertiary alicyclic amines) is 1. The number of likely N-dealkylation sites (N-methyl/N-ethyl adjacent to an activating group) is 1. The number of anilines is 1. The van der Waals surface area contributed by atoms with E-state index in [1.54, 1.807) is 26.2 Å². The highest BCUT2D eigenvalue weighted by molar-refractivity contribution is 7.89. The minimum Gasteiger partial charge on any atom is -0.380 e. The molecule has 0 aliphatic carbocycles. The van der Waals surface area contributed by atoms with Crippen LogP contribution in [0.3, 0.4) is 0 Å². The lowest BCUT2D eigenvalue weighted by Gasteiger charge is -2.31. The van der Waals surface area contributed by atoms with E-state index in [1.807, 2.05) is 12.1 Å². The summed E-state index contributed by atoms with van der Waals surface area (Å²) in [4.78, 5) is 2.61. The zero-order valence-corrected chi connectivity index (χ0v) is 13.2. The number of sulfonamides is 1. The molecule has 0 radical (unpaired) electrons. The van der Waals surface area contributed by atoms with Crippen molar-refractivity contribution in [3.05, 3.63) is 24.3 Å². The zero-order chi connectivity index (χ0) is 14.8. The number of rotatable bonds is 4. The molecular weight excluding hydrogens is 274 g/mol. The molecule has 0 amide bonds. The standard InChI is InChI=1S/C14H23N3O2S/c1-16(2)20(18,19)14-9-5-4-8-13(14)15-12-7-6-10-17(3)11-12/h4-5,8-9,12,15H,6-7,10-11H2,1-3H3. The number of nitrogens with one attached hydrogen (secondary N) is 1. The highest BCUT2D eigenvalue weighted by Crippen LogP contribution is 2.25. The molecule has 1 N–H and O–H groups in total. The van der Waals surface area contributed by atoms with Crippen molar-refractivity contribution in [3.63, 3.8) is 0 Å². The van der Waals surface area contributed by atoms with Crippen LogP contribution in [-0.4, -0.2) is 57.9 Å². The second-order valence-electron chi connectivity index (χ2n) is 5.53. The molecule has 6 heteroatoms. The summed E-state index contributed by atoms with van der Waals surface area (Å²) < 4.78 is 25.9. The highest BCUT2D eigenvalue weighted by atomic mass is 32.2. The molecule has 1 aromatic carbocycles. The van der Waals surface area contributed by atoms with Crippen molar-refractivity contribution < 1.29 is 8.42 Å². The van der Waals surface area contributed by atoms with E-state index in [0.29, 0.717) is 16.6 Å². The molecule has 0 spiro atoms. The van der Waals surface area contributed by atoms with Crippen LogP contribution in [0.2, 0.25) is 0 Å². The first-order valence-corrected chi connectivity index (χ1v) is 8.32. The van der Waals surface area contributed by atoms with E-state index in [-0.39, 0.29) is 0 Å². The van der Waals surface area contributed by atoms with Gasteiger partial charge in [-0.25, -0.2) is 12.7 Å². The van der Waals surface area contributed by atoms with Crippen LogP contribution in [0, 0.1) is 0 Å². The Balaban J connectivity index is 2.25. The van der Waals surface area contributed by atoms with E-state index < -0.39 is 10.0 Å². The molecule has 1 heterocycles. The lowest BCUT2D eigenvalue weighted by atomic mass is 10.1. The minimum atomic E-state index is -3.41. The molecule has 0 bridgehead atoms. The van der Waals surface area contributed by atoms with Gasteiger partial charge in [0.2, 0.25) is 10.0 Å². The number of nitrogens with zero attached hydrogens (tertiary/aromatic N) is 2. The quantitative estimate of drug-likeness (QED) is 0.914. The third-order valence-electron chi connectivity index (χ3n) is 3.63. The van der Waals surface area contributed by atoms with Gasteiger partial charge >= 0.3 is 0 Å². The molecule has 2 rings (SSSR count). The fraction of sp³-hybridized carbons (Fsp3) is 0.571. The van der Waals surface area contributed by atoms with Crippen molar-refractivity contribution >= 4 is 15.7 Å². The van der Waals surface area contributed by atoms with Crippen molar-refractivity contribution in [3.8, 4) is 0 Å². The molecule has 5 nitrogen and oxygen atoms in total. The molecule has 0 saturated carbocycles. The average Bonchev–Trinajstić information content (AvgIpc) is 2.39. The summed E-state index contributed by atoms with van der Waals surface area (Å²) in [5.41, 5.74) is 0.696. The number of hydrogen-bond donors (Lipinski definition) is 1. The van der Waals surface area contributed by atoms with Crippen molar-refractivity contribution in [1.82, 2.24) is 9.21 Å². The first kappa shape index (κ1) is 15.3. The predicted molar refractivity (Wildman–Crippen MR) is 81.5 cm³/mol. The van der Waals surface area contributed by atoms with Gasteiger partial charge in [0, 0.05) is 26.7 Å². The van der Waals surface area contributed by atoms with Gasteiger partial charge in [0.1, 0.15) is 4.90 Å². The van der Waals surface area contributed by atoms with E-state index in [4.69, 9.17) is 0 Å². The van der Waals surface area contributed by atoms with Gasteiger partial charge in [0.25, 0.3) is 0 Å². The number of hydrogen-bond acceptors (Lipinski definition) is 4. The Morgan fingerprint density at radius 3 is 2.65 bits per heavy atom. The lowest BCUT2D eigenvalue weighted by Crippen LogP contribution is -2.40. The lowest BCUT2D eigenvalue weighted by molar-refractivity contribution is 0.261. The second kappa shape index (κ2) is 6.11. The van der Waals surface area contributed by atoms with E-state index in [9.17, 15) is 8.42 Å². The molecule has 1 aromatic rings. The predicted octanol–water partition coefficient (Wildman–Crippen LogP) is 1.44. The maximum absolute atomic E-state index is 12.3. The van der Waals surface area contributed by atoms with Crippen LogP contribution < -0.4 is 5.32 Å². The molecule has 1 saturated heterocycles. The Hall–Kier alpha value is -1.11. The zero-order valence-electron chi connectivity index (χ0n) is 12.3. The van der Waals surface area contributed by atoms with Gasteiger partial charge < -0.3 is 10.2 Å². The molecule has 112 valence electrons. The Kier molecular flexibility index (Phi) is 4.67. The second-order valence-corrected chi connectivity index (χ2v) is 7.65. The molecule has 0 aromatic heterocycles. The monoisotopic (exact) mass is 297 g/mol. The molecule has 20 heavy (non-hydrogen) atoms. The largest absolute Gasteiger partial charge is 0.380 e. The van der Waals surface area contributed by atoms with Gasteiger partial charge in [-0.05, 0) is 38.6 Å². The maximum atomic E-state index is 12.3. The smallest absolute Gasteiger partial charge is 0.244 e. The molecule has 1 unspecified atom stereocenters.